The van der Waals surface area contributed by atoms with Crippen molar-refractivity contribution in [2.75, 3.05) is 18.9 Å². The van der Waals surface area contributed by atoms with Crippen LogP contribution < -0.4 is 14.8 Å². The van der Waals surface area contributed by atoms with E-state index in [9.17, 15) is 8.42 Å². The molecule has 116 valence electrons. The number of rotatable bonds is 7. The summed E-state index contributed by atoms with van der Waals surface area (Å²) in [5.74, 6) is 0.942. The number of hydrogen-bond acceptors (Lipinski definition) is 4. The van der Waals surface area contributed by atoms with Crippen LogP contribution in [0.5, 0.6) is 5.75 Å². The summed E-state index contributed by atoms with van der Waals surface area (Å²) in [6.45, 7) is 1.44. The first kappa shape index (κ1) is 15.3. The van der Waals surface area contributed by atoms with Gasteiger partial charge in [-0.3, -0.25) is 0 Å². The van der Waals surface area contributed by atoms with Crippen LogP contribution >= 0.6 is 15.9 Å². The van der Waals surface area contributed by atoms with E-state index < -0.39 is 10.0 Å². The topological polar surface area (TPSA) is 67.4 Å². The Morgan fingerprint density at radius 3 is 2.90 bits per heavy atom. The van der Waals surface area contributed by atoms with Gasteiger partial charge in [0, 0.05) is 35.6 Å². The number of ether oxygens (including phenoxy) is 1. The number of halogens is 1. The lowest BCUT2D eigenvalue weighted by molar-refractivity contribution is 0.353. The summed E-state index contributed by atoms with van der Waals surface area (Å²) >= 11 is 3.46. The molecule has 0 unspecified atom stereocenters. The number of sulfonamides is 1. The van der Waals surface area contributed by atoms with E-state index in [1.807, 2.05) is 12.1 Å². The van der Waals surface area contributed by atoms with E-state index in [1.54, 1.807) is 0 Å². The lowest BCUT2D eigenvalue weighted by Gasteiger charge is -2.11. The van der Waals surface area contributed by atoms with Gasteiger partial charge in [0.1, 0.15) is 5.75 Å². The standard InChI is InChI=1S/C14H19BrN2O3S/c15-12-7-10-3-5-20-14(10)11(8-12)9-17-21(18,19)6-4-16-13-1-2-13/h7-8,13,16-17H,1-6,9H2. The molecule has 0 aromatic heterocycles. The van der Waals surface area contributed by atoms with E-state index >= 15 is 0 Å². The molecule has 0 saturated heterocycles. The van der Waals surface area contributed by atoms with Crippen LogP contribution in [-0.2, 0) is 23.0 Å². The van der Waals surface area contributed by atoms with Crippen LogP contribution in [0.4, 0.5) is 0 Å². The van der Waals surface area contributed by atoms with Gasteiger partial charge in [-0.25, -0.2) is 13.1 Å². The highest BCUT2D eigenvalue weighted by Crippen LogP contribution is 2.32. The predicted molar refractivity (Wildman–Crippen MR) is 85.0 cm³/mol. The van der Waals surface area contributed by atoms with E-state index in [0.29, 0.717) is 19.2 Å². The summed E-state index contributed by atoms with van der Waals surface area (Å²) < 4.78 is 33.2. The van der Waals surface area contributed by atoms with E-state index in [4.69, 9.17) is 4.74 Å². The second-order valence-electron chi connectivity index (χ2n) is 5.52. The van der Waals surface area contributed by atoms with Gasteiger partial charge < -0.3 is 10.1 Å². The van der Waals surface area contributed by atoms with Gasteiger partial charge in [-0.1, -0.05) is 15.9 Å². The predicted octanol–water partition coefficient (Wildman–Crippen LogP) is 1.56. The van der Waals surface area contributed by atoms with Crippen LogP contribution in [0, 0.1) is 0 Å². The van der Waals surface area contributed by atoms with Gasteiger partial charge in [0.2, 0.25) is 10.0 Å². The van der Waals surface area contributed by atoms with Crippen LogP contribution in [0.25, 0.3) is 0 Å². The summed E-state index contributed by atoms with van der Waals surface area (Å²) in [4.78, 5) is 0. The Bertz CT molecular complexity index is 629. The van der Waals surface area contributed by atoms with Gasteiger partial charge in [0.05, 0.1) is 12.4 Å². The molecule has 2 N–H and O–H groups in total. The number of hydrogen-bond donors (Lipinski definition) is 2. The maximum Gasteiger partial charge on any atom is 0.213 e. The van der Waals surface area contributed by atoms with Crippen molar-refractivity contribution < 1.29 is 13.2 Å². The first-order valence-corrected chi connectivity index (χ1v) is 9.63. The van der Waals surface area contributed by atoms with Gasteiger partial charge in [-0.05, 0) is 30.5 Å². The van der Waals surface area contributed by atoms with Gasteiger partial charge in [0.25, 0.3) is 0 Å². The summed E-state index contributed by atoms with van der Waals surface area (Å²) in [6, 6.07) is 4.47. The van der Waals surface area contributed by atoms with Gasteiger partial charge in [-0.15, -0.1) is 0 Å². The molecule has 1 saturated carbocycles. The van der Waals surface area contributed by atoms with Crippen LogP contribution in [0.15, 0.2) is 16.6 Å². The average molecular weight is 375 g/mol. The van der Waals surface area contributed by atoms with Crippen molar-refractivity contribution in [1.29, 1.82) is 0 Å². The minimum absolute atomic E-state index is 0.112. The van der Waals surface area contributed by atoms with E-state index in [2.05, 4.69) is 26.0 Å². The van der Waals surface area contributed by atoms with E-state index in [-0.39, 0.29) is 12.3 Å². The third kappa shape index (κ3) is 4.18. The fourth-order valence-corrected chi connectivity index (χ4v) is 3.88. The van der Waals surface area contributed by atoms with Gasteiger partial charge >= 0.3 is 0 Å². The lowest BCUT2D eigenvalue weighted by atomic mass is 10.1. The highest BCUT2D eigenvalue weighted by molar-refractivity contribution is 9.10. The SMILES string of the molecule is O=S(=O)(CCNC1CC1)NCc1cc(Br)cc2c1OCC2. The molecule has 1 aromatic carbocycles. The average Bonchev–Trinajstić information content (AvgIpc) is 3.12. The summed E-state index contributed by atoms with van der Waals surface area (Å²) in [6.07, 6.45) is 3.20. The monoisotopic (exact) mass is 374 g/mol. The highest BCUT2D eigenvalue weighted by Gasteiger charge is 2.22. The Morgan fingerprint density at radius 1 is 1.33 bits per heavy atom. The minimum atomic E-state index is -3.26. The second kappa shape index (κ2) is 6.24. The maximum absolute atomic E-state index is 12.0. The molecule has 1 heterocycles. The molecule has 21 heavy (non-hydrogen) atoms. The molecule has 0 bridgehead atoms. The van der Waals surface area contributed by atoms with Crippen molar-refractivity contribution >= 4 is 26.0 Å². The molecular weight excluding hydrogens is 356 g/mol. The molecule has 7 heteroatoms. The van der Waals surface area contributed by atoms with Gasteiger partial charge in [-0.2, -0.15) is 0 Å². The Kier molecular flexibility index (Phi) is 4.54. The highest BCUT2D eigenvalue weighted by atomic mass is 79.9. The third-order valence-corrected chi connectivity index (χ3v) is 5.47. The minimum Gasteiger partial charge on any atom is -0.493 e. The molecule has 3 rings (SSSR count). The van der Waals surface area contributed by atoms with Crippen LogP contribution in [0.1, 0.15) is 24.0 Å². The molecule has 1 aliphatic heterocycles. The van der Waals surface area contributed by atoms with Crippen molar-refractivity contribution in [2.45, 2.75) is 31.8 Å². The molecule has 0 radical (unpaired) electrons. The lowest BCUT2D eigenvalue weighted by Crippen LogP contribution is -2.32. The van der Waals surface area contributed by atoms with Crippen molar-refractivity contribution in [1.82, 2.24) is 10.0 Å². The molecule has 2 aliphatic rings. The quantitative estimate of drug-likeness (QED) is 0.759. The maximum atomic E-state index is 12.0. The first-order valence-electron chi connectivity index (χ1n) is 7.18. The van der Waals surface area contributed by atoms with Crippen molar-refractivity contribution in [2.24, 2.45) is 0 Å². The Hall–Kier alpha value is -0.630. The molecule has 0 spiro atoms. The largest absolute Gasteiger partial charge is 0.493 e. The molecule has 0 amide bonds. The molecule has 0 atom stereocenters. The zero-order valence-corrected chi connectivity index (χ0v) is 14.1. The van der Waals surface area contributed by atoms with E-state index in [1.165, 1.54) is 0 Å². The van der Waals surface area contributed by atoms with Crippen molar-refractivity contribution in [3.63, 3.8) is 0 Å². The Morgan fingerprint density at radius 2 is 2.14 bits per heavy atom. The zero-order chi connectivity index (χ0) is 14.9. The number of benzene rings is 1. The Balaban J connectivity index is 1.59. The van der Waals surface area contributed by atoms with Crippen LogP contribution in [-0.4, -0.2) is 33.4 Å². The summed E-state index contributed by atoms with van der Waals surface area (Å²) in [5.41, 5.74) is 2.02. The third-order valence-electron chi connectivity index (χ3n) is 3.69. The smallest absolute Gasteiger partial charge is 0.213 e. The van der Waals surface area contributed by atoms with Crippen molar-refractivity contribution in [3.05, 3.63) is 27.7 Å². The fraction of sp³-hybridized carbons (Fsp3) is 0.571. The zero-order valence-electron chi connectivity index (χ0n) is 11.7. The van der Waals surface area contributed by atoms with E-state index in [0.717, 1.165) is 40.6 Å². The molecule has 1 fully saturated rings. The molecule has 5 nitrogen and oxygen atoms in total. The number of fused-ring (bicyclic) bond motifs is 1. The normalized spacial score (nSPS) is 17.6. The summed E-state index contributed by atoms with van der Waals surface area (Å²) in [7, 11) is -3.26. The van der Waals surface area contributed by atoms with Crippen LogP contribution in [0.3, 0.4) is 0 Å². The van der Waals surface area contributed by atoms with Gasteiger partial charge in [0.15, 0.2) is 0 Å². The van der Waals surface area contributed by atoms with Crippen molar-refractivity contribution in [3.8, 4) is 5.75 Å². The van der Waals surface area contributed by atoms with Crippen LogP contribution in [0.2, 0.25) is 0 Å². The second-order valence-corrected chi connectivity index (χ2v) is 8.36. The Labute approximate surface area is 133 Å². The molecule has 1 aliphatic carbocycles. The number of nitrogens with one attached hydrogen (secondary N) is 2. The molecule has 1 aromatic rings. The first-order chi connectivity index (χ1) is 10.0. The summed E-state index contributed by atoms with van der Waals surface area (Å²) in [5, 5.41) is 3.21. The molecular formula is C14H19BrN2O3S. The fourth-order valence-electron chi connectivity index (χ4n) is 2.42.